The van der Waals surface area contributed by atoms with Gasteiger partial charge in [0.05, 0.1) is 5.56 Å². The van der Waals surface area contributed by atoms with E-state index in [1.165, 1.54) is 0 Å². The van der Waals surface area contributed by atoms with Gasteiger partial charge in [-0.2, -0.15) is 4.99 Å². The number of nitrogens with two attached hydrogens (primary N) is 2. The lowest BCUT2D eigenvalue weighted by molar-refractivity contribution is -0.671. The predicted molar refractivity (Wildman–Crippen MR) is 47.8 cm³/mol. The molecular weight excluding hydrogens is 168 g/mol. The van der Waals surface area contributed by atoms with Crippen LogP contribution in [-0.4, -0.2) is 11.9 Å². The highest BCUT2D eigenvalue weighted by molar-refractivity contribution is 6.01. The molecule has 0 atom stereocenters. The number of carbonyl (C=O) groups is 1. The molecule has 0 saturated carbocycles. The normalized spacial score (nSPS) is 9.31. The molecule has 13 heavy (non-hydrogen) atoms. The van der Waals surface area contributed by atoms with Crippen molar-refractivity contribution in [2.75, 3.05) is 0 Å². The first-order valence-electron chi connectivity index (χ1n) is 3.69. The summed E-state index contributed by atoms with van der Waals surface area (Å²) < 4.78 is 1.81. The topological polar surface area (TPSA) is 85.3 Å². The van der Waals surface area contributed by atoms with Crippen LogP contribution in [0.1, 0.15) is 10.4 Å². The van der Waals surface area contributed by atoms with E-state index in [-0.39, 0.29) is 5.96 Å². The summed E-state index contributed by atoms with van der Waals surface area (Å²) in [5, 5.41) is 0. The van der Waals surface area contributed by atoms with Crippen molar-refractivity contribution in [2.24, 2.45) is 23.5 Å². The number of nitrogens with zero attached hydrogens (tertiary/aromatic N) is 2. The van der Waals surface area contributed by atoms with Gasteiger partial charge in [0.2, 0.25) is 0 Å². The van der Waals surface area contributed by atoms with Gasteiger partial charge in [-0.25, -0.2) is 4.57 Å². The van der Waals surface area contributed by atoms with Crippen molar-refractivity contribution in [3.63, 3.8) is 0 Å². The summed E-state index contributed by atoms with van der Waals surface area (Å²) >= 11 is 0. The van der Waals surface area contributed by atoms with Crippen LogP contribution in [0.25, 0.3) is 0 Å². The van der Waals surface area contributed by atoms with E-state index in [2.05, 4.69) is 4.99 Å². The number of rotatable bonds is 1. The van der Waals surface area contributed by atoms with Gasteiger partial charge in [-0.05, 0) is 0 Å². The highest BCUT2D eigenvalue weighted by Gasteiger charge is 2.05. The Balaban J connectivity index is 2.90. The van der Waals surface area contributed by atoms with Gasteiger partial charge in [0.15, 0.2) is 18.4 Å². The monoisotopic (exact) mass is 179 g/mol. The van der Waals surface area contributed by atoms with E-state index < -0.39 is 5.91 Å². The lowest BCUT2D eigenvalue weighted by atomic mass is 10.2. The average molecular weight is 179 g/mol. The van der Waals surface area contributed by atoms with Crippen molar-refractivity contribution in [1.29, 1.82) is 0 Å². The molecule has 0 bridgehead atoms. The van der Waals surface area contributed by atoms with Crippen molar-refractivity contribution < 1.29 is 9.36 Å². The van der Waals surface area contributed by atoms with Crippen LogP contribution in [0.15, 0.2) is 29.5 Å². The van der Waals surface area contributed by atoms with Gasteiger partial charge >= 0.3 is 0 Å². The Bertz CT molecular complexity index is 338. The molecule has 1 rings (SSSR count). The van der Waals surface area contributed by atoms with Gasteiger partial charge < -0.3 is 11.5 Å². The second-order valence-corrected chi connectivity index (χ2v) is 2.59. The van der Waals surface area contributed by atoms with E-state index in [1.54, 1.807) is 24.5 Å². The van der Waals surface area contributed by atoms with E-state index in [9.17, 15) is 4.79 Å². The minimum atomic E-state index is -0.430. The van der Waals surface area contributed by atoms with Gasteiger partial charge in [-0.3, -0.25) is 4.79 Å². The maximum Gasteiger partial charge on any atom is 0.280 e. The second kappa shape index (κ2) is 3.66. The number of aliphatic imine (C=N–C) groups is 1. The van der Waals surface area contributed by atoms with Crippen LogP contribution in [0, 0.1) is 0 Å². The first-order chi connectivity index (χ1) is 6.09. The number of guanidine groups is 1. The standard InChI is InChI=1S/C8H10N4O/c1-12-4-2-6(3-5-12)7(13)11-8(9)10/h2-5H,1H3,(H3-,9,10,11,13)/p+1. The van der Waals surface area contributed by atoms with Crippen LogP contribution < -0.4 is 16.0 Å². The van der Waals surface area contributed by atoms with Crippen molar-refractivity contribution in [3.05, 3.63) is 30.1 Å². The molecular formula is C8H11N4O+. The molecule has 4 N–H and O–H groups in total. The van der Waals surface area contributed by atoms with Gasteiger partial charge in [0.1, 0.15) is 7.05 Å². The smallest absolute Gasteiger partial charge is 0.280 e. The van der Waals surface area contributed by atoms with Crippen LogP contribution >= 0.6 is 0 Å². The fourth-order valence-electron chi connectivity index (χ4n) is 0.825. The number of amides is 1. The molecule has 0 unspecified atom stereocenters. The van der Waals surface area contributed by atoms with Crippen LogP contribution in [0.2, 0.25) is 0 Å². The molecule has 0 aliphatic rings. The predicted octanol–water partition coefficient (Wildman–Crippen LogP) is -1.08. The molecule has 0 aliphatic heterocycles. The highest BCUT2D eigenvalue weighted by atomic mass is 16.1. The highest BCUT2D eigenvalue weighted by Crippen LogP contribution is 1.96. The summed E-state index contributed by atoms with van der Waals surface area (Å²) in [6, 6.07) is 3.30. The van der Waals surface area contributed by atoms with Crippen LogP contribution in [0.4, 0.5) is 0 Å². The Kier molecular flexibility index (Phi) is 2.59. The van der Waals surface area contributed by atoms with Crippen molar-refractivity contribution in [2.45, 2.75) is 0 Å². The molecule has 0 aromatic carbocycles. The Morgan fingerprint density at radius 1 is 1.38 bits per heavy atom. The summed E-state index contributed by atoms with van der Waals surface area (Å²) in [6.45, 7) is 0. The van der Waals surface area contributed by atoms with E-state index in [1.807, 2.05) is 11.6 Å². The number of pyridine rings is 1. The molecule has 5 nitrogen and oxygen atoms in total. The van der Waals surface area contributed by atoms with E-state index in [0.717, 1.165) is 0 Å². The first kappa shape index (κ1) is 9.18. The Morgan fingerprint density at radius 3 is 2.38 bits per heavy atom. The molecule has 1 amide bonds. The molecule has 68 valence electrons. The molecule has 0 radical (unpaired) electrons. The molecule has 5 heteroatoms. The molecule has 1 aromatic rings. The van der Waals surface area contributed by atoms with Crippen LogP contribution in [0.5, 0.6) is 0 Å². The third-order valence-corrected chi connectivity index (χ3v) is 1.46. The Labute approximate surface area is 75.7 Å². The average Bonchev–Trinajstić information content (AvgIpc) is 2.04. The first-order valence-corrected chi connectivity index (χ1v) is 3.69. The number of carbonyl (C=O) groups excluding carboxylic acids is 1. The second-order valence-electron chi connectivity index (χ2n) is 2.59. The largest absolute Gasteiger partial charge is 0.370 e. The fraction of sp³-hybridized carbons (Fsp3) is 0.125. The lowest BCUT2D eigenvalue weighted by Crippen LogP contribution is -2.27. The van der Waals surface area contributed by atoms with Crippen LogP contribution in [0.3, 0.4) is 0 Å². The number of hydrogen-bond donors (Lipinski definition) is 2. The fourth-order valence-corrected chi connectivity index (χ4v) is 0.825. The molecule has 1 heterocycles. The Morgan fingerprint density at radius 2 is 1.92 bits per heavy atom. The Hall–Kier alpha value is -1.91. The summed E-state index contributed by atoms with van der Waals surface area (Å²) in [5.41, 5.74) is 10.6. The molecule has 0 aliphatic carbocycles. The quantitative estimate of drug-likeness (QED) is 0.327. The summed E-state index contributed by atoms with van der Waals surface area (Å²) in [6.07, 6.45) is 3.49. The maximum absolute atomic E-state index is 11.2. The third kappa shape index (κ3) is 2.55. The molecule has 1 aromatic heterocycles. The van der Waals surface area contributed by atoms with Gasteiger partial charge in [0.25, 0.3) is 5.91 Å². The van der Waals surface area contributed by atoms with Gasteiger partial charge in [-0.1, -0.05) is 0 Å². The number of aromatic nitrogens is 1. The zero-order chi connectivity index (χ0) is 9.84. The van der Waals surface area contributed by atoms with Crippen molar-refractivity contribution in [1.82, 2.24) is 0 Å². The van der Waals surface area contributed by atoms with E-state index >= 15 is 0 Å². The van der Waals surface area contributed by atoms with E-state index in [0.29, 0.717) is 5.56 Å². The summed E-state index contributed by atoms with van der Waals surface area (Å²) in [4.78, 5) is 14.6. The van der Waals surface area contributed by atoms with Crippen molar-refractivity contribution in [3.8, 4) is 0 Å². The molecule has 0 saturated heterocycles. The van der Waals surface area contributed by atoms with E-state index in [4.69, 9.17) is 11.5 Å². The van der Waals surface area contributed by atoms with Crippen LogP contribution in [-0.2, 0) is 7.05 Å². The number of aryl methyl sites for hydroxylation is 1. The zero-order valence-corrected chi connectivity index (χ0v) is 7.27. The minimum Gasteiger partial charge on any atom is -0.370 e. The molecule has 0 fully saturated rings. The SMILES string of the molecule is C[n+]1ccc(C(=O)N=C(N)N)cc1. The third-order valence-electron chi connectivity index (χ3n) is 1.46. The summed E-state index contributed by atoms with van der Waals surface area (Å²) in [5.74, 6) is -0.654. The zero-order valence-electron chi connectivity index (χ0n) is 7.27. The van der Waals surface area contributed by atoms with Gasteiger partial charge in [-0.15, -0.1) is 0 Å². The van der Waals surface area contributed by atoms with Gasteiger partial charge in [0, 0.05) is 12.1 Å². The molecule has 0 spiro atoms. The summed E-state index contributed by atoms with van der Waals surface area (Å²) in [7, 11) is 1.86. The number of hydrogen-bond acceptors (Lipinski definition) is 1. The van der Waals surface area contributed by atoms with Crippen molar-refractivity contribution >= 4 is 11.9 Å². The minimum absolute atomic E-state index is 0.224. The maximum atomic E-state index is 11.2. The lowest BCUT2D eigenvalue weighted by Gasteiger charge is -1.93.